The van der Waals surface area contributed by atoms with E-state index >= 15 is 0 Å². The number of hydrogen-bond acceptors (Lipinski definition) is 6. The number of anilines is 1. The van der Waals surface area contributed by atoms with E-state index in [2.05, 4.69) is 11.1 Å². The first-order chi connectivity index (χ1) is 13.9. The summed E-state index contributed by atoms with van der Waals surface area (Å²) in [6.07, 6.45) is 0. The molecule has 3 aromatic rings. The standard InChI is InChI=1S/C21H14N2O5S/c22-20(29)23-10-1-4-14-13(7-10)19(26)28-21(14)15-5-2-11(24)8-17(15)27-18-9-12(25)3-6-16(18)21/h1-9,24-25H,(H3,22,23,29)/p+1. The Hall–Kier alpha value is -3.62. The molecular weight excluding hydrogens is 392 g/mol. The first-order valence-corrected chi connectivity index (χ1v) is 9.15. The van der Waals surface area contributed by atoms with E-state index in [1.807, 2.05) is 0 Å². The first kappa shape index (κ1) is 17.5. The zero-order valence-electron chi connectivity index (χ0n) is 14.9. The number of nitrogens with one attached hydrogen (secondary N) is 1. The summed E-state index contributed by atoms with van der Waals surface area (Å²) < 4.78 is 11.9. The minimum atomic E-state index is -1.26. The van der Waals surface area contributed by atoms with E-state index in [1.165, 1.54) is 24.3 Å². The number of quaternary nitrogens is 1. The molecule has 0 bridgehead atoms. The van der Waals surface area contributed by atoms with Gasteiger partial charge in [-0.2, -0.15) is 0 Å². The number of rotatable bonds is 1. The molecule has 0 saturated heterocycles. The molecule has 7 nitrogen and oxygen atoms in total. The summed E-state index contributed by atoms with van der Waals surface area (Å²) in [6.45, 7) is 0. The van der Waals surface area contributed by atoms with Gasteiger partial charge in [0.15, 0.2) is 5.60 Å². The van der Waals surface area contributed by atoms with Crippen molar-refractivity contribution in [2.75, 3.05) is 5.32 Å². The van der Waals surface area contributed by atoms with E-state index in [4.69, 9.17) is 21.7 Å². The van der Waals surface area contributed by atoms with Crippen LogP contribution in [0.3, 0.4) is 0 Å². The monoisotopic (exact) mass is 407 g/mol. The number of carbonyl (C=O) groups excluding carboxylic acids is 1. The third-order valence-corrected chi connectivity index (χ3v) is 5.16. The molecule has 0 amide bonds. The number of hydrogen-bond donors (Lipinski definition) is 4. The molecule has 8 heteroatoms. The van der Waals surface area contributed by atoms with Gasteiger partial charge in [0.05, 0.1) is 5.56 Å². The van der Waals surface area contributed by atoms with Crippen molar-refractivity contribution in [3.05, 3.63) is 76.9 Å². The van der Waals surface area contributed by atoms with Crippen LogP contribution in [0.2, 0.25) is 0 Å². The molecule has 29 heavy (non-hydrogen) atoms. The Morgan fingerprint density at radius 1 is 0.931 bits per heavy atom. The molecule has 0 saturated carbocycles. The molecule has 0 fully saturated rings. The van der Waals surface area contributed by atoms with Crippen molar-refractivity contribution in [2.24, 2.45) is 0 Å². The summed E-state index contributed by atoms with van der Waals surface area (Å²) in [5.41, 5.74) is 5.17. The number of fused-ring (bicyclic) bond motifs is 6. The van der Waals surface area contributed by atoms with Crippen molar-refractivity contribution >= 4 is 29.0 Å². The van der Waals surface area contributed by atoms with Crippen molar-refractivity contribution in [1.29, 1.82) is 0 Å². The van der Waals surface area contributed by atoms with Crippen LogP contribution in [0.15, 0.2) is 54.6 Å². The van der Waals surface area contributed by atoms with E-state index < -0.39 is 11.6 Å². The third-order valence-electron chi connectivity index (χ3n) is 5.06. The summed E-state index contributed by atoms with van der Waals surface area (Å²) in [5.74, 6) is 0.194. The average Bonchev–Trinajstić information content (AvgIpc) is 2.93. The zero-order chi connectivity index (χ0) is 20.3. The number of phenols is 2. The Morgan fingerprint density at radius 3 is 2.10 bits per heavy atom. The van der Waals surface area contributed by atoms with Crippen LogP contribution < -0.4 is 15.8 Å². The lowest BCUT2D eigenvalue weighted by molar-refractivity contribution is -0.208. The number of thiocarbonyl (C=S) groups is 1. The van der Waals surface area contributed by atoms with Gasteiger partial charge in [-0.05, 0) is 36.4 Å². The molecule has 0 aliphatic carbocycles. The second kappa shape index (κ2) is 5.94. The van der Waals surface area contributed by atoms with Crippen LogP contribution in [0, 0.1) is 0 Å². The van der Waals surface area contributed by atoms with Crippen LogP contribution in [0.4, 0.5) is 5.69 Å². The van der Waals surface area contributed by atoms with Crippen LogP contribution in [-0.2, 0) is 10.3 Å². The van der Waals surface area contributed by atoms with Gasteiger partial charge in [-0.3, -0.25) is 0 Å². The SMILES string of the molecule is [NH3+]C(=S)Nc1ccc2c(c1)C(=O)OC21c2ccc(O)cc2Oc2cc(O)ccc21. The van der Waals surface area contributed by atoms with Gasteiger partial charge >= 0.3 is 5.97 Å². The molecule has 2 aliphatic rings. The summed E-state index contributed by atoms with van der Waals surface area (Å²) in [6, 6.07) is 14.5. The maximum Gasteiger partial charge on any atom is 0.340 e. The normalized spacial score (nSPS) is 15.0. The number of ether oxygens (including phenoxy) is 2. The molecule has 0 unspecified atom stereocenters. The van der Waals surface area contributed by atoms with Crippen LogP contribution in [0.5, 0.6) is 23.0 Å². The van der Waals surface area contributed by atoms with Gasteiger partial charge in [-0.15, -0.1) is 0 Å². The molecule has 144 valence electrons. The lowest BCUT2D eigenvalue weighted by Gasteiger charge is -2.36. The molecule has 3 aromatic carbocycles. The molecule has 0 atom stereocenters. The second-order valence-electron chi connectivity index (χ2n) is 6.84. The third kappa shape index (κ3) is 2.47. The summed E-state index contributed by atoms with van der Waals surface area (Å²) in [4.78, 5) is 12.9. The highest BCUT2D eigenvalue weighted by atomic mass is 32.1. The maximum atomic E-state index is 12.9. The van der Waals surface area contributed by atoms with E-state index in [0.717, 1.165) is 0 Å². The van der Waals surface area contributed by atoms with Gasteiger partial charge in [0.2, 0.25) is 0 Å². The van der Waals surface area contributed by atoms with Crippen molar-refractivity contribution in [3.63, 3.8) is 0 Å². The van der Waals surface area contributed by atoms with E-state index in [9.17, 15) is 15.0 Å². The van der Waals surface area contributed by atoms with Gasteiger partial charge in [0.25, 0.3) is 5.11 Å². The van der Waals surface area contributed by atoms with E-state index in [1.54, 1.807) is 30.3 Å². The fourth-order valence-electron chi connectivity index (χ4n) is 3.94. The highest BCUT2D eigenvalue weighted by Gasteiger charge is 2.53. The number of carbonyl (C=O) groups is 1. The van der Waals surface area contributed by atoms with Gasteiger partial charge in [0, 0.05) is 46.7 Å². The number of esters is 1. The Kier molecular flexibility index (Phi) is 3.58. The molecule has 0 aromatic heterocycles. The van der Waals surface area contributed by atoms with Gasteiger partial charge < -0.3 is 30.7 Å². The average molecular weight is 407 g/mol. The van der Waals surface area contributed by atoms with E-state index in [0.29, 0.717) is 44.6 Å². The minimum Gasteiger partial charge on any atom is -0.508 e. The first-order valence-electron chi connectivity index (χ1n) is 8.74. The van der Waals surface area contributed by atoms with Crippen LogP contribution in [0.1, 0.15) is 27.0 Å². The quantitative estimate of drug-likeness (QED) is 0.362. The number of phenolic OH excluding ortho intramolecular Hbond substituents is 2. The summed E-state index contributed by atoms with van der Waals surface area (Å²) >= 11 is 4.98. The van der Waals surface area contributed by atoms with E-state index in [-0.39, 0.29) is 11.5 Å². The molecule has 0 radical (unpaired) electrons. The maximum absolute atomic E-state index is 12.9. The molecule has 2 aliphatic heterocycles. The predicted molar refractivity (Wildman–Crippen MR) is 107 cm³/mol. The predicted octanol–water partition coefficient (Wildman–Crippen LogP) is 2.60. The van der Waals surface area contributed by atoms with Crippen LogP contribution in [-0.4, -0.2) is 21.3 Å². The fourth-order valence-corrected chi connectivity index (χ4v) is 4.06. The Balaban J connectivity index is 1.81. The lowest BCUT2D eigenvalue weighted by Crippen LogP contribution is -2.59. The van der Waals surface area contributed by atoms with Crippen molar-refractivity contribution in [2.45, 2.75) is 5.60 Å². The molecule has 6 N–H and O–H groups in total. The van der Waals surface area contributed by atoms with Crippen molar-refractivity contribution in [1.82, 2.24) is 0 Å². The van der Waals surface area contributed by atoms with Crippen molar-refractivity contribution in [3.8, 4) is 23.0 Å². The smallest absolute Gasteiger partial charge is 0.340 e. The fraction of sp³-hybridized carbons (Fsp3) is 0.0476. The highest BCUT2D eigenvalue weighted by Crippen LogP contribution is 2.57. The summed E-state index contributed by atoms with van der Waals surface area (Å²) in [7, 11) is 0. The summed E-state index contributed by atoms with van der Waals surface area (Å²) in [5, 5.41) is 23.1. The minimum absolute atomic E-state index is 0.00977. The largest absolute Gasteiger partial charge is 0.508 e. The molecule has 1 spiro atoms. The zero-order valence-corrected chi connectivity index (χ0v) is 15.7. The highest BCUT2D eigenvalue weighted by molar-refractivity contribution is 7.80. The molecule has 5 rings (SSSR count). The Labute approximate surface area is 170 Å². The number of aromatic hydroxyl groups is 2. The Morgan fingerprint density at radius 2 is 1.52 bits per heavy atom. The van der Waals surface area contributed by atoms with Crippen LogP contribution in [0.25, 0.3) is 0 Å². The Bertz CT molecular complexity index is 1170. The van der Waals surface area contributed by atoms with Gasteiger partial charge in [-0.25, -0.2) is 4.79 Å². The van der Waals surface area contributed by atoms with Gasteiger partial charge in [-0.1, -0.05) is 6.07 Å². The lowest BCUT2D eigenvalue weighted by atomic mass is 9.77. The van der Waals surface area contributed by atoms with Gasteiger partial charge in [0.1, 0.15) is 23.0 Å². The second-order valence-corrected chi connectivity index (χ2v) is 7.34. The topological polar surface area (TPSA) is 116 Å². The molecular formula is C21H15N2O5S+. The van der Waals surface area contributed by atoms with Crippen molar-refractivity contribution < 1.29 is 30.2 Å². The number of benzene rings is 3. The molecule has 2 heterocycles. The van der Waals surface area contributed by atoms with Crippen LogP contribution >= 0.6 is 12.2 Å².